The quantitative estimate of drug-likeness (QED) is 0.579. The third-order valence-electron chi connectivity index (χ3n) is 5.03. The van der Waals surface area contributed by atoms with Gasteiger partial charge in [-0.3, -0.25) is 14.7 Å². The molecule has 1 aliphatic rings. The maximum absolute atomic E-state index is 12.9. The number of amides is 1. The fourth-order valence-corrected chi connectivity index (χ4v) is 3.64. The molecule has 0 aliphatic carbocycles. The van der Waals surface area contributed by atoms with Crippen LogP contribution in [0.4, 0.5) is 0 Å². The van der Waals surface area contributed by atoms with Gasteiger partial charge in [-0.15, -0.1) is 0 Å². The summed E-state index contributed by atoms with van der Waals surface area (Å²) in [7, 11) is 0. The number of rotatable bonds is 2. The number of aromatic amines is 2. The van der Waals surface area contributed by atoms with Gasteiger partial charge in [-0.2, -0.15) is 5.10 Å². The van der Waals surface area contributed by atoms with Crippen LogP contribution in [-0.2, 0) is 13.1 Å². The van der Waals surface area contributed by atoms with Gasteiger partial charge in [0.25, 0.3) is 5.91 Å². The Morgan fingerprint density at radius 2 is 2.00 bits per heavy atom. The highest BCUT2D eigenvalue weighted by atomic mass is 16.2. The normalized spacial score (nSPS) is 13.1. The Labute approximate surface area is 154 Å². The summed E-state index contributed by atoms with van der Waals surface area (Å²) in [5, 5.41) is 8.98. The first kappa shape index (κ1) is 15.6. The van der Waals surface area contributed by atoms with Crippen LogP contribution in [0.3, 0.4) is 0 Å². The van der Waals surface area contributed by atoms with E-state index in [1.165, 1.54) is 6.07 Å². The van der Waals surface area contributed by atoms with Gasteiger partial charge in [0.1, 0.15) is 0 Å². The molecule has 0 fully saturated rings. The molecule has 132 valence electrons. The third-order valence-corrected chi connectivity index (χ3v) is 5.03. The summed E-state index contributed by atoms with van der Waals surface area (Å²) in [5.41, 5.74) is 4.57. The van der Waals surface area contributed by atoms with Crippen molar-refractivity contribution < 1.29 is 4.79 Å². The van der Waals surface area contributed by atoms with Crippen LogP contribution in [0.25, 0.3) is 21.9 Å². The van der Waals surface area contributed by atoms with E-state index in [1.54, 1.807) is 18.5 Å². The number of fused-ring (bicyclic) bond motifs is 2. The molecule has 6 nitrogen and oxygen atoms in total. The summed E-state index contributed by atoms with van der Waals surface area (Å²) in [6.07, 6.45) is 3.49. The lowest BCUT2D eigenvalue weighted by Crippen LogP contribution is -2.25. The molecule has 6 heteroatoms. The third kappa shape index (κ3) is 2.62. The van der Waals surface area contributed by atoms with E-state index in [0.717, 1.165) is 33.2 Å². The van der Waals surface area contributed by atoms with Gasteiger partial charge in [-0.1, -0.05) is 24.3 Å². The highest BCUT2D eigenvalue weighted by Crippen LogP contribution is 2.29. The van der Waals surface area contributed by atoms with Crippen molar-refractivity contribution in [3.8, 4) is 11.1 Å². The number of benzene rings is 2. The number of pyridine rings is 1. The summed E-state index contributed by atoms with van der Waals surface area (Å²) in [6, 6.07) is 15.1. The average Bonchev–Trinajstić information content (AvgIpc) is 3.29. The van der Waals surface area contributed by atoms with Gasteiger partial charge in [-0.05, 0) is 40.1 Å². The lowest BCUT2D eigenvalue weighted by Gasteiger charge is -2.16. The number of carbonyl (C=O) groups excluding carboxylic acids is 1. The summed E-state index contributed by atoms with van der Waals surface area (Å²) >= 11 is 0. The molecule has 4 aromatic rings. The summed E-state index contributed by atoms with van der Waals surface area (Å²) < 4.78 is 0. The van der Waals surface area contributed by atoms with E-state index in [1.807, 2.05) is 41.3 Å². The second-order valence-electron chi connectivity index (χ2n) is 6.72. The van der Waals surface area contributed by atoms with Crippen molar-refractivity contribution in [2.45, 2.75) is 13.1 Å². The maximum Gasteiger partial charge on any atom is 0.254 e. The van der Waals surface area contributed by atoms with Crippen molar-refractivity contribution in [1.29, 1.82) is 0 Å². The average molecular weight is 356 g/mol. The second kappa shape index (κ2) is 5.95. The highest BCUT2D eigenvalue weighted by Gasteiger charge is 2.25. The molecule has 0 spiro atoms. The van der Waals surface area contributed by atoms with E-state index in [9.17, 15) is 9.59 Å². The molecular weight excluding hydrogens is 340 g/mol. The smallest absolute Gasteiger partial charge is 0.254 e. The van der Waals surface area contributed by atoms with Gasteiger partial charge in [0, 0.05) is 29.9 Å². The first-order chi connectivity index (χ1) is 13.2. The van der Waals surface area contributed by atoms with E-state index in [-0.39, 0.29) is 11.5 Å². The molecule has 0 atom stereocenters. The number of hydrogen-bond donors (Lipinski definition) is 2. The van der Waals surface area contributed by atoms with E-state index in [2.05, 4.69) is 15.2 Å². The molecule has 0 radical (unpaired) electrons. The molecule has 0 saturated heterocycles. The van der Waals surface area contributed by atoms with Crippen molar-refractivity contribution >= 4 is 16.7 Å². The molecule has 3 heterocycles. The summed E-state index contributed by atoms with van der Waals surface area (Å²) in [6.45, 7) is 1.14. The Morgan fingerprint density at radius 1 is 1.07 bits per heavy atom. The summed E-state index contributed by atoms with van der Waals surface area (Å²) in [4.78, 5) is 28.7. The fraction of sp³-hybridized carbons (Fsp3) is 0.0952. The van der Waals surface area contributed by atoms with Crippen molar-refractivity contribution in [1.82, 2.24) is 20.1 Å². The van der Waals surface area contributed by atoms with Crippen LogP contribution in [0.1, 0.15) is 21.6 Å². The Hall–Kier alpha value is -3.67. The Morgan fingerprint density at radius 3 is 2.81 bits per heavy atom. The van der Waals surface area contributed by atoms with Gasteiger partial charge in [0.2, 0.25) is 5.56 Å². The van der Waals surface area contributed by atoms with Gasteiger partial charge < -0.3 is 9.88 Å². The molecule has 2 N–H and O–H groups in total. The molecule has 1 aliphatic heterocycles. The summed E-state index contributed by atoms with van der Waals surface area (Å²) in [5.74, 6) is 0.0101. The van der Waals surface area contributed by atoms with Crippen molar-refractivity contribution in [3.05, 3.63) is 88.1 Å². The zero-order chi connectivity index (χ0) is 18.4. The Bertz CT molecular complexity index is 1200. The SMILES string of the molecule is O=C(c1ccc2c(-c3ccc(=O)[nH]c3)cccc2c1)N1Cc2cn[nH]c2C1. The van der Waals surface area contributed by atoms with Crippen LogP contribution >= 0.6 is 0 Å². The van der Waals surface area contributed by atoms with E-state index < -0.39 is 0 Å². The lowest BCUT2D eigenvalue weighted by atomic mass is 9.97. The van der Waals surface area contributed by atoms with Gasteiger partial charge in [0.05, 0.1) is 18.4 Å². The number of H-pyrrole nitrogens is 2. The van der Waals surface area contributed by atoms with Gasteiger partial charge >= 0.3 is 0 Å². The Kier molecular flexibility index (Phi) is 3.43. The molecule has 2 aromatic carbocycles. The number of nitrogens with one attached hydrogen (secondary N) is 2. The van der Waals surface area contributed by atoms with Crippen molar-refractivity contribution in [2.75, 3.05) is 0 Å². The van der Waals surface area contributed by atoms with E-state index in [0.29, 0.717) is 18.7 Å². The number of hydrogen-bond acceptors (Lipinski definition) is 3. The molecule has 0 saturated carbocycles. The lowest BCUT2D eigenvalue weighted by molar-refractivity contribution is 0.0749. The van der Waals surface area contributed by atoms with Crippen LogP contribution in [0.15, 0.2) is 65.7 Å². The predicted molar refractivity (Wildman–Crippen MR) is 102 cm³/mol. The van der Waals surface area contributed by atoms with Crippen LogP contribution < -0.4 is 5.56 Å². The molecule has 27 heavy (non-hydrogen) atoms. The fourth-order valence-electron chi connectivity index (χ4n) is 3.64. The predicted octanol–water partition coefficient (Wildman–Crippen LogP) is 3.07. The minimum absolute atomic E-state index is 0.0101. The molecule has 1 amide bonds. The highest BCUT2D eigenvalue weighted by molar-refractivity contribution is 6.02. The first-order valence-corrected chi connectivity index (χ1v) is 8.71. The standard InChI is InChI=1S/C21H16N4O2/c26-20-7-5-15(9-22-20)17-3-1-2-13-8-14(4-6-18(13)17)21(27)25-11-16-10-23-24-19(16)12-25/h1-10H,11-12H2,(H,22,26)(H,23,24). The molecular formula is C21H16N4O2. The van der Waals surface area contributed by atoms with Crippen molar-refractivity contribution in [3.63, 3.8) is 0 Å². The number of carbonyl (C=O) groups is 1. The topological polar surface area (TPSA) is 81.8 Å². The first-order valence-electron chi connectivity index (χ1n) is 8.71. The largest absolute Gasteiger partial charge is 0.328 e. The molecule has 5 rings (SSSR count). The molecule has 2 aromatic heterocycles. The zero-order valence-electron chi connectivity index (χ0n) is 14.4. The second-order valence-corrected chi connectivity index (χ2v) is 6.72. The monoisotopic (exact) mass is 356 g/mol. The van der Waals surface area contributed by atoms with Gasteiger partial charge in [-0.25, -0.2) is 0 Å². The van der Waals surface area contributed by atoms with Gasteiger partial charge in [0.15, 0.2) is 0 Å². The van der Waals surface area contributed by atoms with Crippen LogP contribution in [0, 0.1) is 0 Å². The maximum atomic E-state index is 12.9. The van der Waals surface area contributed by atoms with Crippen LogP contribution in [-0.4, -0.2) is 26.0 Å². The van der Waals surface area contributed by atoms with E-state index >= 15 is 0 Å². The zero-order valence-corrected chi connectivity index (χ0v) is 14.4. The van der Waals surface area contributed by atoms with Crippen molar-refractivity contribution in [2.24, 2.45) is 0 Å². The minimum atomic E-state index is -0.127. The Balaban J connectivity index is 1.51. The van der Waals surface area contributed by atoms with E-state index in [4.69, 9.17) is 0 Å². The molecule has 0 unspecified atom stereocenters. The number of aromatic nitrogens is 3. The van der Waals surface area contributed by atoms with Crippen LogP contribution in [0.5, 0.6) is 0 Å². The number of nitrogens with zero attached hydrogens (tertiary/aromatic N) is 2. The van der Waals surface area contributed by atoms with Crippen LogP contribution in [0.2, 0.25) is 0 Å². The minimum Gasteiger partial charge on any atom is -0.328 e. The molecule has 0 bridgehead atoms.